The molecule has 16 heavy (non-hydrogen) atoms. The number of hydrogen-bond donors (Lipinski definition) is 4. The zero-order valence-corrected chi connectivity index (χ0v) is 9.49. The van der Waals surface area contributed by atoms with Gasteiger partial charge in [0.05, 0.1) is 18.2 Å². The maximum absolute atomic E-state index is 10.7. The summed E-state index contributed by atoms with van der Waals surface area (Å²) in [7, 11) is 0. The van der Waals surface area contributed by atoms with Gasteiger partial charge in [0.25, 0.3) is 0 Å². The van der Waals surface area contributed by atoms with Gasteiger partial charge in [0.15, 0.2) is 0 Å². The molecule has 0 bridgehead atoms. The van der Waals surface area contributed by atoms with E-state index in [0.29, 0.717) is 5.56 Å². The third-order valence-corrected chi connectivity index (χ3v) is 2.17. The largest absolute Gasteiger partial charge is 0.507 e. The Kier molecular flexibility index (Phi) is 5.23. The SMILES string of the molecule is Cc1cc(C(=O)O)cc([C@@H](N)CO)c1O.Cl. The molecular weight excluding hydrogens is 234 g/mol. The van der Waals surface area contributed by atoms with Crippen LogP contribution in [0.1, 0.15) is 27.5 Å². The van der Waals surface area contributed by atoms with Crippen LogP contribution in [0.5, 0.6) is 5.75 Å². The Morgan fingerprint density at radius 1 is 1.50 bits per heavy atom. The number of hydrogen-bond acceptors (Lipinski definition) is 4. The summed E-state index contributed by atoms with van der Waals surface area (Å²) in [6.07, 6.45) is 0. The molecule has 1 atom stereocenters. The van der Waals surface area contributed by atoms with Gasteiger partial charge in [0.1, 0.15) is 5.75 Å². The molecule has 0 aliphatic heterocycles. The highest BCUT2D eigenvalue weighted by molar-refractivity contribution is 5.88. The number of phenolic OH excluding ortho intramolecular Hbond substituents is 1. The Morgan fingerprint density at radius 3 is 2.50 bits per heavy atom. The minimum absolute atomic E-state index is 0. The van der Waals surface area contributed by atoms with E-state index in [1.54, 1.807) is 6.92 Å². The topological polar surface area (TPSA) is 104 Å². The van der Waals surface area contributed by atoms with Crippen molar-refractivity contribution in [3.63, 3.8) is 0 Å². The predicted molar refractivity (Wildman–Crippen MR) is 61.1 cm³/mol. The summed E-state index contributed by atoms with van der Waals surface area (Å²) in [6.45, 7) is 1.23. The molecule has 0 aromatic heterocycles. The van der Waals surface area contributed by atoms with Crippen molar-refractivity contribution in [2.24, 2.45) is 5.73 Å². The van der Waals surface area contributed by atoms with Gasteiger partial charge in [0, 0.05) is 5.56 Å². The van der Waals surface area contributed by atoms with E-state index in [0.717, 1.165) is 0 Å². The lowest BCUT2D eigenvalue weighted by Gasteiger charge is -2.13. The van der Waals surface area contributed by atoms with Crippen molar-refractivity contribution in [3.8, 4) is 5.75 Å². The van der Waals surface area contributed by atoms with Crippen LogP contribution >= 0.6 is 12.4 Å². The monoisotopic (exact) mass is 247 g/mol. The van der Waals surface area contributed by atoms with E-state index in [4.69, 9.17) is 15.9 Å². The number of rotatable bonds is 3. The van der Waals surface area contributed by atoms with E-state index in [9.17, 15) is 9.90 Å². The number of aryl methyl sites for hydroxylation is 1. The van der Waals surface area contributed by atoms with Crippen LogP contribution in [0.2, 0.25) is 0 Å². The first-order chi connectivity index (χ1) is 6.97. The standard InChI is InChI=1S/C10H13NO4.ClH/c1-5-2-6(10(14)15)3-7(9(5)13)8(11)4-12;/h2-3,8,12-13H,4,11H2,1H3,(H,14,15);1H/t8-;/m0./s1. The number of carboxylic acids is 1. The lowest BCUT2D eigenvalue weighted by Crippen LogP contribution is -2.15. The summed E-state index contributed by atoms with van der Waals surface area (Å²) in [4.78, 5) is 10.7. The first kappa shape index (κ1) is 14.7. The summed E-state index contributed by atoms with van der Waals surface area (Å²) >= 11 is 0. The molecule has 0 unspecified atom stereocenters. The van der Waals surface area contributed by atoms with Crippen LogP contribution in [-0.2, 0) is 0 Å². The highest BCUT2D eigenvalue weighted by Crippen LogP contribution is 2.28. The zero-order chi connectivity index (χ0) is 11.6. The van der Waals surface area contributed by atoms with E-state index < -0.39 is 12.0 Å². The van der Waals surface area contributed by atoms with Crippen LogP contribution < -0.4 is 5.73 Å². The fourth-order valence-corrected chi connectivity index (χ4v) is 1.31. The minimum atomic E-state index is -1.09. The summed E-state index contributed by atoms with van der Waals surface area (Å²) in [5.41, 5.74) is 6.25. The number of aliphatic hydroxyl groups is 1. The smallest absolute Gasteiger partial charge is 0.335 e. The predicted octanol–water partition coefficient (Wildman–Crippen LogP) is 0.813. The molecule has 90 valence electrons. The van der Waals surface area contributed by atoms with Crippen molar-refractivity contribution in [3.05, 3.63) is 28.8 Å². The van der Waals surface area contributed by atoms with Gasteiger partial charge in [-0.15, -0.1) is 12.4 Å². The highest BCUT2D eigenvalue weighted by Gasteiger charge is 2.15. The molecule has 1 rings (SSSR count). The van der Waals surface area contributed by atoms with Crippen molar-refractivity contribution in [1.82, 2.24) is 0 Å². The molecule has 1 aromatic rings. The Hall–Kier alpha value is -1.30. The molecule has 1 aromatic carbocycles. The van der Waals surface area contributed by atoms with Crippen molar-refractivity contribution in [1.29, 1.82) is 0 Å². The molecule has 0 fully saturated rings. The third kappa shape index (κ3) is 2.85. The average Bonchev–Trinajstić information content (AvgIpc) is 2.20. The van der Waals surface area contributed by atoms with Gasteiger partial charge in [-0.05, 0) is 24.6 Å². The first-order valence-electron chi connectivity index (χ1n) is 4.40. The maximum Gasteiger partial charge on any atom is 0.335 e. The van der Waals surface area contributed by atoms with E-state index in [1.807, 2.05) is 0 Å². The molecule has 0 spiro atoms. The van der Waals surface area contributed by atoms with E-state index in [2.05, 4.69) is 0 Å². The first-order valence-corrected chi connectivity index (χ1v) is 4.40. The number of carbonyl (C=O) groups is 1. The van der Waals surface area contributed by atoms with Crippen molar-refractivity contribution < 1.29 is 20.1 Å². The Labute approximate surface area is 98.9 Å². The molecule has 0 aliphatic carbocycles. The van der Waals surface area contributed by atoms with Gasteiger partial charge in [0.2, 0.25) is 0 Å². The Bertz CT molecular complexity index is 395. The lowest BCUT2D eigenvalue weighted by molar-refractivity contribution is 0.0696. The third-order valence-electron chi connectivity index (χ3n) is 2.17. The number of phenols is 1. The van der Waals surface area contributed by atoms with Crippen LogP contribution in [0.4, 0.5) is 0 Å². The fraction of sp³-hybridized carbons (Fsp3) is 0.300. The van der Waals surface area contributed by atoms with Gasteiger partial charge >= 0.3 is 5.97 Å². The van der Waals surface area contributed by atoms with E-state index >= 15 is 0 Å². The fourth-order valence-electron chi connectivity index (χ4n) is 1.31. The van der Waals surface area contributed by atoms with Crippen LogP contribution in [0.25, 0.3) is 0 Å². The summed E-state index contributed by atoms with van der Waals surface area (Å²) in [6, 6.07) is 1.85. The summed E-state index contributed by atoms with van der Waals surface area (Å²) < 4.78 is 0. The number of benzene rings is 1. The molecule has 0 saturated carbocycles. The number of aromatic carboxylic acids is 1. The van der Waals surface area contributed by atoms with Gasteiger partial charge < -0.3 is 21.1 Å². The minimum Gasteiger partial charge on any atom is -0.507 e. The molecule has 0 amide bonds. The molecule has 0 saturated heterocycles. The van der Waals surface area contributed by atoms with Gasteiger partial charge in [-0.25, -0.2) is 4.79 Å². The Morgan fingerprint density at radius 2 is 2.06 bits per heavy atom. The number of aliphatic hydroxyl groups excluding tert-OH is 1. The summed E-state index contributed by atoms with van der Waals surface area (Å²) in [5, 5.41) is 27.3. The molecule has 0 radical (unpaired) electrons. The lowest BCUT2D eigenvalue weighted by atomic mass is 10.00. The molecular formula is C10H14ClNO4. The zero-order valence-electron chi connectivity index (χ0n) is 8.67. The van der Waals surface area contributed by atoms with E-state index in [-0.39, 0.29) is 35.9 Å². The van der Waals surface area contributed by atoms with Crippen LogP contribution in [0.3, 0.4) is 0 Å². The average molecular weight is 248 g/mol. The summed E-state index contributed by atoms with van der Waals surface area (Å²) in [5.74, 6) is -1.16. The van der Waals surface area contributed by atoms with Gasteiger partial charge in [-0.3, -0.25) is 0 Å². The molecule has 0 heterocycles. The van der Waals surface area contributed by atoms with Crippen molar-refractivity contribution in [2.45, 2.75) is 13.0 Å². The second-order valence-electron chi connectivity index (χ2n) is 3.33. The van der Waals surface area contributed by atoms with Crippen LogP contribution in [-0.4, -0.2) is 27.9 Å². The van der Waals surface area contributed by atoms with E-state index in [1.165, 1.54) is 12.1 Å². The molecule has 0 aliphatic rings. The highest BCUT2D eigenvalue weighted by atomic mass is 35.5. The molecule has 5 nitrogen and oxygen atoms in total. The van der Waals surface area contributed by atoms with Crippen molar-refractivity contribution in [2.75, 3.05) is 6.61 Å². The van der Waals surface area contributed by atoms with Gasteiger partial charge in [-0.2, -0.15) is 0 Å². The number of nitrogens with two attached hydrogens (primary N) is 1. The molecule has 6 heteroatoms. The second-order valence-corrected chi connectivity index (χ2v) is 3.33. The molecule has 5 N–H and O–H groups in total. The van der Waals surface area contributed by atoms with Crippen LogP contribution in [0.15, 0.2) is 12.1 Å². The van der Waals surface area contributed by atoms with Gasteiger partial charge in [-0.1, -0.05) is 0 Å². The number of aromatic hydroxyl groups is 1. The Balaban J connectivity index is 0.00000225. The second kappa shape index (κ2) is 5.69. The van der Waals surface area contributed by atoms with Crippen LogP contribution in [0, 0.1) is 6.92 Å². The maximum atomic E-state index is 10.7. The normalized spacial score (nSPS) is 11.7. The quantitative estimate of drug-likeness (QED) is 0.633. The number of halogens is 1. The van der Waals surface area contributed by atoms with Crippen molar-refractivity contribution >= 4 is 18.4 Å². The number of carboxylic acid groups (broad SMARTS) is 1.